The van der Waals surface area contributed by atoms with Crippen molar-refractivity contribution >= 4 is 17.3 Å². The largest absolute Gasteiger partial charge is 0.416 e. The summed E-state index contributed by atoms with van der Waals surface area (Å²) in [5, 5.41) is 11.4. The van der Waals surface area contributed by atoms with Crippen LogP contribution in [-0.2, 0) is 6.18 Å². The van der Waals surface area contributed by atoms with E-state index in [2.05, 4.69) is 5.32 Å². The van der Waals surface area contributed by atoms with E-state index in [1.807, 2.05) is 0 Å². The zero-order chi connectivity index (χ0) is 12.9. The van der Waals surface area contributed by atoms with Crippen LogP contribution in [0.25, 0.3) is 0 Å². The summed E-state index contributed by atoms with van der Waals surface area (Å²) in [4.78, 5) is 0. The molecule has 1 aromatic carbocycles. The van der Waals surface area contributed by atoms with Crippen LogP contribution in [0.15, 0.2) is 18.2 Å². The number of anilines is 1. The SMILES string of the molecule is OCCCCNc1cc(Cl)cc(C(F)(F)F)c1. The summed E-state index contributed by atoms with van der Waals surface area (Å²) in [5.41, 5.74) is -0.433. The van der Waals surface area contributed by atoms with E-state index >= 15 is 0 Å². The monoisotopic (exact) mass is 267 g/mol. The summed E-state index contributed by atoms with van der Waals surface area (Å²) in [6.45, 7) is 0.573. The second-order valence-corrected chi connectivity index (χ2v) is 4.02. The molecule has 17 heavy (non-hydrogen) atoms. The van der Waals surface area contributed by atoms with Crippen LogP contribution in [0.3, 0.4) is 0 Å². The molecule has 0 spiro atoms. The highest BCUT2D eigenvalue weighted by Crippen LogP contribution is 2.33. The first kappa shape index (κ1) is 14.1. The molecule has 0 aliphatic carbocycles. The lowest BCUT2D eigenvalue weighted by molar-refractivity contribution is -0.137. The Bertz CT molecular complexity index is 368. The zero-order valence-electron chi connectivity index (χ0n) is 9.02. The molecule has 0 fully saturated rings. The molecule has 6 heteroatoms. The quantitative estimate of drug-likeness (QED) is 0.800. The molecular weight excluding hydrogens is 255 g/mol. The molecule has 0 amide bonds. The van der Waals surface area contributed by atoms with Gasteiger partial charge in [-0.05, 0) is 31.0 Å². The first-order valence-electron chi connectivity index (χ1n) is 5.16. The lowest BCUT2D eigenvalue weighted by Gasteiger charge is -2.11. The molecule has 0 aliphatic heterocycles. The number of benzene rings is 1. The summed E-state index contributed by atoms with van der Waals surface area (Å²) in [6.07, 6.45) is -3.10. The highest BCUT2D eigenvalue weighted by Gasteiger charge is 2.31. The second kappa shape index (κ2) is 6.12. The van der Waals surface area contributed by atoms with E-state index in [0.29, 0.717) is 25.1 Å². The fraction of sp³-hybridized carbons (Fsp3) is 0.455. The van der Waals surface area contributed by atoms with Gasteiger partial charge in [-0.2, -0.15) is 13.2 Å². The molecule has 1 rings (SSSR count). The van der Waals surface area contributed by atoms with Gasteiger partial charge in [-0.15, -0.1) is 0 Å². The van der Waals surface area contributed by atoms with Gasteiger partial charge in [0.1, 0.15) is 0 Å². The number of rotatable bonds is 5. The van der Waals surface area contributed by atoms with Crippen LogP contribution in [0.1, 0.15) is 18.4 Å². The third-order valence-corrected chi connectivity index (χ3v) is 2.36. The smallest absolute Gasteiger partial charge is 0.396 e. The van der Waals surface area contributed by atoms with Crippen molar-refractivity contribution in [2.24, 2.45) is 0 Å². The van der Waals surface area contributed by atoms with Gasteiger partial charge < -0.3 is 10.4 Å². The van der Waals surface area contributed by atoms with Gasteiger partial charge in [0.2, 0.25) is 0 Å². The molecule has 0 heterocycles. The van der Waals surface area contributed by atoms with Crippen LogP contribution in [0.4, 0.5) is 18.9 Å². The minimum atomic E-state index is -4.40. The standard InChI is InChI=1S/C11H13ClF3NO/c12-9-5-8(11(13,14)15)6-10(7-9)16-3-1-2-4-17/h5-7,16-17H,1-4H2. The van der Waals surface area contributed by atoms with Crippen LogP contribution in [-0.4, -0.2) is 18.3 Å². The van der Waals surface area contributed by atoms with Crippen molar-refractivity contribution in [3.8, 4) is 0 Å². The van der Waals surface area contributed by atoms with Crippen molar-refractivity contribution < 1.29 is 18.3 Å². The van der Waals surface area contributed by atoms with Gasteiger partial charge in [0.25, 0.3) is 0 Å². The Kier molecular flexibility index (Phi) is 5.08. The average Bonchev–Trinajstić information content (AvgIpc) is 2.22. The Morgan fingerprint density at radius 2 is 1.88 bits per heavy atom. The maximum absolute atomic E-state index is 12.5. The van der Waals surface area contributed by atoms with Crippen LogP contribution >= 0.6 is 11.6 Å². The fourth-order valence-corrected chi connectivity index (χ4v) is 1.56. The number of hydrogen-bond donors (Lipinski definition) is 2. The normalized spacial score (nSPS) is 11.6. The van der Waals surface area contributed by atoms with E-state index in [9.17, 15) is 13.2 Å². The third-order valence-electron chi connectivity index (χ3n) is 2.14. The Labute approximate surface area is 102 Å². The molecule has 0 saturated heterocycles. The van der Waals surface area contributed by atoms with Crippen molar-refractivity contribution in [3.05, 3.63) is 28.8 Å². The van der Waals surface area contributed by atoms with Gasteiger partial charge in [0.15, 0.2) is 0 Å². The first-order valence-corrected chi connectivity index (χ1v) is 5.54. The molecule has 1 aromatic rings. The van der Waals surface area contributed by atoms with Crippen molar-refractivity contribution in [2.75, 3.05) is 18.5 Å². The van der Waals surface area contributed by atoms with E-state index < -0.39 is 11.7 Å². The van der Waals surface area contributed by atoms with Gasteiger partial charge in [-0.25, -0.2) is 0 Å². The number of halogens is 4. The summed E-state index contributed by atoms with van der Waals surface area (Å²) in [7, 11) is 0. The molecular formula is C11H13ClF3NO. The molecule has 2 N–H and O–H groups in total. The number of aliphatic hydroxyl groups excluding tert-OH is 1. The van der Waals surface area contributed by atoms with E-state index in [1.54, 1.807) is 0 Å². The van der Waals surface area contributed by atoms with Gasteiger partial charge >= 0.3 is 6.18 Å². The highest BCUT2D eigenvalue weighted by molar-refractivity contribution is 6.30. The van der Waals surface area contributed by atoms with E-state index in [-0.39, 0.29) is 11.6 Å². The molecule has 2 nitrogen and oxygen atoms in total. The molecule has 0 aromatic heterocycles. The van der Waals surface area contributed by atoms with Crippen molar-refractivity contribution in [3.63, 3.8) is 0 Å². The molecule has 0 aliphatic rings. The maximum atomic E-state index is 12.5. The summed E-state index contributed by atoms with van der Waals surface area (Å²) < 4.78 is 37.4. The molecule has 0 saturated carbocycles. The number of hydrogen-bond acceptors (Lipinski definition) is 2. The zero-order valence-corrected chi connectivity index (χ0v) is 9.78. The summed E-state index contributed by atoms with van der Waals surface area (Å²) >= 11 is 5.62. The fourth-order valence-electron chi connectivity index (χ4n) is 1.32. The van der Waals surface area contributed by atoms with Gasteiger partial charge in [0, 0.05) is 23.9 Å². The van der Waals surface area contributed by atoms with Crippen LogP contribution < -0.4 is 5.32 Å². The van der Waals surface area contributed by atoms with E-state index in [0.717, 1.165) is 12.1 Å². The Balaban J connectivity index is 2.69. The lowest BCUT2D eigenvalue weighted by Crippen LogP contribution is -2.07. The number of aliphatic hydroxyl groups is 1. The van der Waals surface area contributed by atoms with Crippen molar-refractivity contribution in [1.29, 1.82) is 0 Å². The Hall–Kier alpha value is -0.940. The van der Waals surface area contributed by atoms with E-state index in [1.165, 1.54) is 6.07 Å². The minimum Gasteiger partial charge on any atom is -0.396 e. The topological polar surface area (TPSA) is 32.3 Å². The highest BCUT2D eigenvalue weighted by atomic mass is 35.5. The van der Waals surface area contributed by atoms with Crippen molar-refractivity contribution in [1.82, 2.24) is 0 Å². The molecule has 0 atom stereocenters. The second-order valence-electron chi connectivity index (χ2n) is 3.58. The van der Waals surface area contributed by atoms with Gasteiger partial charge in [0.05, 0.1) is 5.56 Å². The number of alkyl halides is 3. The van der Waals surface area contributed by atoms with Gasteiger partial charge in [-0.1, -0.05) is 11.6 Å². The predicted octanol–water partition coefficient (Wildman–Crippen LogP) is 3.54. The first-order chi connectivity index (χ1) is 7.93. The van der Waals surface area contributed by atoms with Gasteiger partial charge in [-0.3, -0.25) is 0 Å². The Morgan fingerprint density at radius 1 is 1.18 bits per heavy atom. The number of unbranched alkanes of at least 4 members (excludes halogenated alkanes) is 1. The number of nitrogens with one attached hydrogen (secondary N) is 1. The molecule has 0 bridgehead atoms. The Morgan fingerprint density at radius 3 is 2.47 bits per heavy atom. The maximum Gasteiger partial charge on any atom is 0.416 e. The van der Waals surface area contributed by atoms with Crippen LogP contribution in [0.5, 0.6) is 0 Å². The predicted molar refractivity (Wildman–Crippen MR) is 61.3 cm³/mol. The third kappa shape index (κ3) is 4.83. The average molecular weight is 268 g/mol. The van der Waals surface area contributed by atoms with Crippen LogP contribution in [0, 0.1) is 0 Å². The van der Waals surface area contributed by atoms with E-state index in [4.69, 9.17) is 16.7 Å². The molecule has 0 unspecified atom stereocenters. The van der Waals surface area contributed by atoms with Crippen molar-refractivity contribution in [2.45, 2.75) is 19.0 Å². The van der Waals surface area contributed by atoms with Crippen LogP contribution in [0.2, 0.25) is 5.02 Å². The molecule has 96 valence electrons. The summed E-state index contributed by atoms with van der Waals surface area (Å²) in [6, 6.07) is 3.35. The summed E-state index contributed by atoms with van der Waals surface area (Å²) in [5.74, 6) is 0. The lowest BCUT2D eigenvalue weighted by atomic mass is 10.2. The molecule has 0 radical (unpaired) electrons. The minimum absolute atomic E-state index is 0.0458.